The van der Waals surface area contributed by atoms with Crippen LogP contribution in [0, 0.1) is 11.3 Å². The lowest BCUT2D eigenvalue weighted by atomic mass is 9.77. The molecule has 140 valence electrons. The third-order valence-corrected chi connectivity index (χ3v) is 5.85. The van der Waals surface area contributed by atoms with Gasteiger partial charge in [0, 0.05) is 32.0 Å². The van der Waals surface area contributed by atoms with E-state index in [1.54, 1.807) is 0 Å². The number of benzene rings is 1. The van der Waals surface area contributed by atoms with E-state index in [-0.39, 0.29) is 35.8 Å². The van der Waals surface area contributed by atoms with Gasteiger partial charge in [-0.15, -0.1) is 12.4 Å². The molecule has 2 aliphatic rings. The smallest absolute Gasteiger partial charge is 0.220 e. The maximum absolute atomic E-state index is 12.5. The Bertz CT molecular complexity index is 532. The Morgan fingerprint density at radius 3 is 2.56 bits per heavy atom. The van der Waals surface area contributed by atoms with Gasteiger partial charge in [-0.25, -0.2) is 0 Å². The van der Waals surface area contributed by atoms with Crippen LogP contribution in [-0.2, 0) is 11.2 Å². The SMILES string of the molecule is Cl.O=C(CC1(CCc2ccccc2)CCCC1)NCC1CNCC1O. The van der Waals surface area contributed by atoms with Crippen LogP contribution in [0.5, 0.6) is 0 Å². The molecular weight excluding hydrogens is 336 g/mol. The molecule has 0 spiro atoms. The lowest BCUT2D eigenvalue weighted by Gasteiger charge is -2.29. The number of hydrogen-bond acceptors (Lipinski definition) is 3. The van der Waals surface area contributed by atoms with Crippen molar-refractivity contribution in [1.82, 2.24) is 10.6 Å². The third kappa shape index (κ3) is 5.70. The van der Waals surface area contributed by atoms with Gasteiger partial charge in [0.2, 0.25) is 5.91 Å². The minimum atomic E-state index is -0.330. The van der Waals surface area contributed by atoms with Crippen LogP contribution in [0.1, 0.15) is 44.1 Å². The predicted molar refractivity (Wildman–Crippen MR) is 103 cm³/mol. The molecule has 1 aliphatic heterocycles. The van der Waals surface area contributed by atoms with Gasteiger partial charge in [0.1, 0.15) is 0 Å². The zero-order chi connectivity index (χ0) is 16.8. The first-order valence-electron chi connectivity index (χ1n) is 9.36. The molecule has 5 heteroatoms. The fourth-order valence-corrected chi connectivity index (χ4v) is 4.27. The van der Waals surface area contributed by atoms with Crippen molar-refractivity contribution in [3.63, 3.8) is 0 Å². The highest BCUT2D eigenvalue weighted by molar-refractivity contribution is 5.85. The molecule has 1 saturated heterocycles. The van der Waals surface area contributed by atoms with Gasteiger partial charge < -0.3 is 15.7 Å². The highest BCUT2D eigenvalue weighted by atomic mass is 35.5. The number of amides is 1. The van der Waals surface area contributed by atoms with Gasteiger partial charge in [-0.2, -0.15) is 0 Å². The van der Waals surface area contributed by atoms with E-state index in [1.165, 1.54) is 31.2 Å². The van der Waals surface area contributed by atoms with E-state index < -0.39 is 0 Å². The van der Waals surface area contributed by atoms with Gasteiger partial charge in [0.15, 0.2) is 0 Å². The summed E-state index contributed by atoms with van der Waals surface area (Å²) in [6, 6.07) is 10.6. The maximum Gasteiger partial charge on any atom is 0.220 e. The first-order valence-corrected chi connectivity index (χ1v) is 9.36. The molecule has 25 heavy (non-hydrogen) atoms. The molecule has 3 N–H and O–H groups in total. The van der Waals surface area contributed by atoms with E-state index in [9.17, 15) is 9.90 Å². The molecule has 1 saturated carbocycles. The van der Waals surface area contributed by atoms with Gasteiger partial charge in [-0.3, -0.25) is 4.79 Å². The standard InChI is InChI=1S/C20H30N2O2.ClH/c23-18-15-21-13-17(18)14-22-19(24)12-20(9-4-5-10-20)11-8-16-6-2-1-3-7-16;/h1-3,6-7,17-18,21,23H,4-5,8-15H2,(H,22,24);1H. The Balaban J connectivity index is 0.00000225. The molecule has 1 heterocycles. The Labute approximate surface area is 157 Å². The summed E-state index contributed by atoms with van der Waals surface area (Å²) < 4.78 is 0. The number of carbonyl (C=O) groups excluding carboxylic acids is 1. The van der Waals surface area contributed by atoms with Crippen molar-refractivity contribution in [2.24, 2.45) is 11.3 Å². The van der Waals surface area contributed by atoms with Crippen molar-refractivity contribution in [1.29, 1.82) is 0 Å². The summed E-state index contributed by atoms with van der Waals surface area (Å²) in [4.78, 5) is 12.5. The highest BCUT2D eigenvalue weighted by Gasteiger charge is 2.35. The Morgan fingerprint density at radius 2 is 1.92 bits per heavy atom. The summed E-state index contributed by atoms with van der Waals surface area (Å²) in [7, 11) is 0. The molecule has 0 aromatic heterocycles. The highest BCUT2D eigenvalue weighted by Crippen LogP contribution is 2.44. The van der Waals surface area contributed by atoms with Gasteiger partial charge in [0.25, 0.3) is 0 Å². The molecule has 1 aromatic carbocycles. The normalized spacial score (nSPS) is 24.7. The van der Waals surface area contributed by atoms with Crippen LogP contribution in [-0.4, -0.2) is 36.8 Å². The number of rotatable bonds is 7. The molecule has 4 nitrogen and oxygen atoms in total. The van der Waals surface area contributed by atoms with Crippen molar-refractivity contribution in [2.75, 3.05) is 19.6 Å². The zero-order valence-electron chi connectivity index (χ0n) is 14.9. The maximum atomic E-state index is 12.5. The zero-order valence-corrected chi connectivity index (χ0v) is 15.7. The lowest BCUT2D eigenvalue weighted by Crippen LogP contribution is -2.37. The molecule has 0 radical (unpaired) electrons. The number of aryl methyl sites for hydroxylation is 1. The van der Waals surface area contributed by atoms with E-state index in [2.05, 4.69) is 41.0 Å². The minimum Gasteiger partial charge on any atom is -0.391 e. The van der Waals surface area contributed by atoms with Crippen molar-refractivity contribution < 1.29 is 9.90 Å². The van der Waals surface area contributed by atoms with E-state index in [1.807, 2.05) is 0 Å². The van der Waals surface area contributed by atoms with Crippen molar-refractivity contribution in [3.05, 3.63) is 35.9 Å². The predicted octanol–water partition coefficient (Wildman–Crippen LogP) is 2.69. The molecular formula is C20H31ClN2O2. The average Bonchev–Trinajstić information content (AvgIpc) is 3.22. The number of aliphatic hydroxyl groups excluding tert-OH is 1. The average molecular weight is 367 g/mol. The second kappa shape index (κ2) is 9.56. The Hall–Kier alpha value is -1.10. The minimum absolute atomic E-state index is 0. The number of carbonyl (C=O) groups is 1. The van der Waals surface area contributed by atoms with Crippen molar-refractivity contribution >= 4 is 18.3 Å². The van der Waals surface area contributed by atoms with Gasteiger partial charge in [0.05, 0.1) is 6.10 Å². The van der Waals surface area contributed by atoms with Crippen LogP contribution in [0.25, 0.3) is 0 Å². The second-order valence-electron chi connectivity index (χ2n) is 7.66. The fraction of sp³-hybridized carbons (Fsp3) is 0.650. The monoisotopic (exact) mass is 366 g/mol. The first kappa shape index (κ1) is 20.2. The van der Waals surface area contributed by atoms with Gasteiger partial charge in [-0.05, 0) is 36.7 Å². The number of aliphatic hydroxyl groups is 1. The van der Waals surface area contributed by atoms with Crippen LogP contribution in [0.4, 0.5) is 0 Å². The number of β-amino-alcohol motifs (C(OH)–C–C–N with tert-alkyl or cyclic N) is 1. The number of halogens is 1. The quantitative estimate of drug-likeness (QED) is 0.695. The Morgan fingerprint density at radius 1 is 1.20 bits per heavy atom. The molecule has 3 rings (SSSR count). The molecule has 1 aromatic rings. The largest absolute Gasteiger partial charge is 0.391 e. The fourth-order valence-electron chi connectivity index (χ4n) is 4.27. The van der Waals surface area contributed by atoms with E-state index in [4.69, 9.17) is 0 Å². The van der Waals surface area contributed by atoms with E-state index >= 15 is 0 Å². The lowest BCUT2D eigenvalue weighted by molar-refractivity contribution is -0.123. The summed E-state index contributed by atoms with van der Waals surface area (Å²) >= 11 is 0. The molecule has 1 aliphatic carbocycles. The molecule has 1 amide bonds. The van der Waals surface area contributed by atoms with Crippen molar-refractivity contribution in [3.8, 4) is 0 Å². The number of nitrogens with one attached hydrogen (secondary N) is 2. The van der Waals surface area contributed by atoms with E-state index in [0.717, 1.165) is 19.4 Å². The van der Waals surface area contributed by atoms with Crippen LogP contribution in [0.15, 0.2) is 30.3 Å². The van der Waals surface area contributed by atoms with Crippen LogP contribution in [0.2, 0.25) is 0 Å². The third-order valence-electron chi connectivity index (χ3n) is 5.85. The summed E-state index contributed by atoms with van der Waals surface area (Å²) in [5.74, 6) is 0.307. The second-order valence-corrected chi connectivity index (χ2v) is 7.66. The van der Waals surface area contributed by atoms with Gasteiger partial charge >= 0.3 is 0 Å². The first-order chi connectivity index (χ1) is 11.7. The van der Waals surface area contributed by atoms with Crippen molar-refractivity contribution in [2.45, 2.75) is 51.0 Å². The molecule has 2 unspecified atom stereocenters. The Kier molecular flexibility index (Phi) is 7.73. The summed E-state index contributed by atoms with van der Waals surface area (Å²) in [6.45, 7) is 2.02. The van der Waals surface area contributed by atoms with Crippen LogP contribution < -0.4 is 10.6 Å². The molecule has 2 atom stereocenters. The summed E-state index contributed by atoms with van der Waals surface area (Å²) in [6.07, 6.45) is 7.28. The molecule has 2 fully saturated rings. The van der Waals surface area contributed by atoms with Gasteiger partial charge in [-0.1, -0.05) is 43.2 Å². The van der Waals surface area contributed by atoms with Crippen LogP contribution >= 0.6 is 12.4 Å². The topological polar surface area (TPSA) is 61.4 Å². The summed E-state index contributed by atoms with van der Waals surface area (Å²) in [5, 5.41) is 16.1. The number of hydrogen-bond donors (Lipinski definition) is 3. The van der Waals surface area contributed by atoms with E-state index in [0.29, 0.717) is 19.5 Å². The summed E-state index contributed by atoms with van der Waals surface area (Å²) in [5.41, 5.74) is 1.54. The molecule has 0 bridgehead atoms. The van der Waals surface area contributed by atoms with Crippen LogP contribution in [0.3, 0.4) is 0 Å².